The number of hydrogen-bond acceptors (Lipinski definition) is 4. The maximum atomic E-state index is 10.6. The Morgan fingerprint density at radius 2 is 2.33 bits per heavy atom. The van der Waals surface area contributed by atoms with Crippen LogP contribution in [0.15, 0.2) is 22.7 Å². The second-order valence-electron chi connectivity index (χ2n) is 4.56. The number of nitrogens with zero attached hydrogens (tertiary/aromatic N) is 1. The van der Waals surface area contributed by atoms with Crippen LogP contribution >= 0.6 is 15.9 Å². The molecule has 2 rings (SSSR count). The zero-order chi connectivity index (χ0) is 13.1. The molecule has 18 heavy (non-hydrogen) atoms. The molecule has 98 valence electrons. The highest BCUT2D eigenvalue weighted by atomic mass is 79.9. The highest BCUT2D eigenvalue weighted by Gasteiger charge is 2.24. The van der Waals surface area contributed by atoms with Crippen LogP contribution < -0.4 is 5.32 Å². The average Bonchev–Trinajstić information content (AvgIpc) is 2.34. The highest BCUT2D eigenvalue weighted by molar-refractivity contribution is 9.10. The summed E-state index contributed by atoms with van der Waals surface area (Å²) in [5, 5.41) is 23.8. The van der Waals surface area contributed by atoms with Crippen molar-refractivity contribution in [2.45, 2.75) is 18.9 Å². The molecular formula is C12H15BrN2O3. The van der Waals surface area contributed by atoms with E-state index in [4.69, 9.17) is 0 Å². The van der Waals surface area contributed by atoms with E-state index in [0.29, 0.717) is 6.42 Å². The molecule has 0 radical (unpaired) electrons. The molecule has 1 aliphatic heterocycles. The van der Waals surface area contributed by atoms with Crippen molar-refractivity contribution in [1.82, 2.24) is 5.32 Å². The summed E-state index contributed by atoms with van der Waals surface area (Å²) in [6, 6.07) is 4.77. The molecule has 0 bridgehead atoms. The van der Waals surface area contributed by atoms with Crippen LogP contribution in [0.2, 0.25) is 0 Å². The molecule has 1 saturated heterocycles. The van der Waals surface area contributed by atoms with Crippen molar-refractivity contribution in [3.8, 4) is 0 Å². The molecule has 1 heterocycles. The molecule has 0 amide bonds. The summed E-state index contributed by atoms with van der Waals surface area (Å²) in [5.74, 6) is 0.163. The van der Waals surface area contributed by atoms with Crippen molar-refractivity contribution < 1.29 is 10.0 Å². The number of rotatable bonds is 3. The largest absolute Gasteiger partial charge is 0.393 e. The molecule has 1 aromatic carbocycles. The van der Waals surface area contributed by atoms with Crippen LogP contribution in [0.25, 0.3) is 0 Å². The first kappa shape index (κ1) is 13.5. The Bertz CT molecular complexity index is 453. The number of piperidine rings is 1. The minimum Gasteiger partial charge on any atom is -0.393 e. The molecule has 2 atom stereocenters. The van der Waals surface area contributed by atoms with Crippen LogP contribution in [0.1, 0.15) is 12.0 Å². The van der Waals surface area contributed by atoms with Crippen LogP contribution in [-0.4, -0.2) is 29.2 Å². The first-order valence-corrected chi connectivity index (χ1v) is 6.69. The molecular weight excluding hydrogens is 300 g/mol. The predicted octanol–water partition coefficient (Wildman–Crippen LogP) is 1.87. The second kappa shape index (κ2) is 5.77. The number of halogens is 1. The molecule has 6 heteroatoms. The van der Waals surface area contributed by atoms with Crippen molar-refractivity contribution in [2.75, 3.05) is 13.1 Å². The molecule has 2 unspecified atom stereocenters. The Hall–Kier alpha value is -0.980. The Kier molecular flexibility index (Phi) is 4.31. The Morgan fingerprint density at radius 1 is 1.56 bits per heavy atom. The molecule has 0 saturated carbocycles. The fourth-order valence-corrected chi connectivity index (χ4v) is 2.74. The Labute approximate surface area is 113 Å². The molecule has 2 N–H and O–H groups in total. The minimum atomic E-state index is -0.411. The summed E-state index contributed by atoms with van der Waals surface area (Å²) >= 11 is 3.36. The fraction of sp³-hybridized carbons (Fsp3) is 0.500. The maximum Gasteiger partial charge on any atom is 0.270 e. The molecule has 0 aliphatic carbocycles. The average molecular weight is 315 g/mol. The van der Waals surface area contributed by atoms with E-state index in [1.54, 1.807) is 6.07 Å². The quantitative estimate of drug-likeness (QED) is 0.659. The lowest BCUT2D eigenvalue weighted by Gasteiger charge is -2.28. The van der Waals surface area contributed by atoms with E-state index >= 15 is 0 Å². The zero-order valence-electron chi connectivity index (χ0n) is 9.80. The number of nitro groups is 1. The summed E-state index contributed by atoms with van der Waals surface area (Å²) in [5.41, 5.74) is 1.07. The smallest absolute Gasteiger partial charge is 0.270 e. The number of nitro benzene ring substituents is 1. The van der Waals surface area contributed by atoms with E-state index in [2.05, 4.69) is 21.2 Å². The normalized spacial score (nSPS) is 23.9. The summed E-state index contributed by atoms with van der Waals surface area (Å²) in [4.78, 5) is 10.2. The van der Waals surface area contributed by atoms with E-state index in [9.17, 15) is 15.2 Å². The third-order valence-electron chi connectivity index (χ3n) is 3.30. The molecule has 1 aliphatic rings. The van der Waals surface area contributed by atoms with Crippen LogP contribution in [0.5, 0.6) is 0 Å². The number of aliphatic hydroxyl groups is 1. The van der Waals surface area contributed by atoms with Crippen LogP contribution in [0.3, 0.4) is 0 Å². The summed E-state index contributed by atoms with van der Waals surface area (Å²) in [7, 11) is 0. The van der Waals surface area contributed by atoms with Gasteiger partial charge in [0, 0.05) is 29.1 Å². The van der Waals surface area contributed by atoms with E-state index in [0.717, 1.165) is 29.5 Å². The van der Waals surface area contributed by atoms with Crippen molar-refractivity contribution in [1.29, 1.82) is 0 Å². The predicted molar refractivity (Wildman–Crippen MR) is 71.5 cm³/mol. The minimum absolute atomic E-state index is 0.0768. The van der Waals surface area contributed by atoms with Gasteiger partial charge in [-0.2, -0.15) is 0 Å². The number of benzene rings is 1. The van der Waals surface area contributed by atoms with E-state index in [1.165, 1.54) is 12.1 Å². The lowest BCUT2D eigenvalue weighted by Crippen LogP contribution is -2.40. The van der Waals surface area contributed by atoms with Gasteiger partial charge < -0.3 is 10.4 Å². The highest BCUT2D eigenvalue weighted by Crippen LogP contribution is 2.26. The molecule has 0 aromatic heterocycles. The number of aliphatic hydroxyl groups excluding tert-OH is 1. The van der Waals surface area contributed by atoms with Crippen molar-refractivity contribution in [2.24, 2.45) is 5.92 Å². The van der Waals surface area contributed by atoms with Crippen molar-refractivity contribution in [3.05, 3.63) is 38.3 Å². The number of non-ortho nitro benzene ring substituents is 1. The van der Waals surface area contributed by atoms with Crippen LogP contribution in [0.4, 0.5) is 5.69 Å². The van der Waals surface area contributed by atoms with E-state index < -0.39 is 4.92 Å². The van der Waals surface area contributed by atoms with Gasteiger partial charge in [0.05, 0.1) is 11.0 Å². The third kappa shape index (κ3) is 3.07. The third-order valence-corrected chi connectivity index (χ3v) is 4.04. The maximum absolute atomic E-state index is 10.6. The molecule has 1 aromatic rings. The Morgan fingerprint density at radius 3 is 2.94 bits per heavy atom. The van der Waals surface area contributed by atoms with Crippen LogP contribution in [0, 0.1) is 16.0 Å². The van der Waals surface area contributed by atoms with Gasteiger partial charge in [-0.3, -0.25) is 10.1 Å². The zero-order valence-corrected chi connectivity index (χ0v) is 11.4. The van der Waals surface area contributed by atoms with Crippen molar-refractivity contribution >= 4 is 21.6 Å². The van der Waals surface area contributed by atoms with Gasteiger partial charge in [0.15, 0.2) is 0 Å². The molecule has 1 fully saturated rings. The van der Waals surface area contributed by atoms with Gasteiger partial charge in [0.2, 0.25) is 0 Å². The van der Waals surface area contributed by atoms with Crippen molar-refractivity contribution in [3.63, 3.8) is 0 Å². The lowest BCUT2D eigenvalue weighted by molar-refractivity contribution is -0.384. The monoisotopic (exact) mass is 314 g/mol. The first-order valence-electron chi connectivity index (χ1n) is 5.89. The first-order chi connectivity index (χ1) is 8.58. The number of hydrogen-bond donors (Lipinski definition) is 2. The SMILES string of the molecule is O=[N+]([O-])c1ccc(CC2CNCCC2O)c(Br)c1. The molecule has 5 nitrogen and oxygen atoms in total. The summed E-state index contributed by atoms with van der Waals surface area (Å²) in [6.45, 7) is 1.63. The van der Waals surface area contributed by atoms with Gasteiger partial charge in [-0.15, -0.1) is 0 Å². The summed E-state index contributed by atoms with van der Waals surface area (Å²) in [6.07, 6.45) is 1.18. The van der Waals surface area contributed by atoms with E-state index in [-0.39, 0.29) is 17.7 Å². The topological polar surface area (TPSA) is 75.4 Å². The van der Waals surface area contributed by atoms with Gasteiger partial charge in [0.25, 0.3) is 5.69 Å². The van der Waals surface area contributed by atoms with Gasteiger partial charge in [-0.1, -0.05) is 22.0 Å². The van der Waals surface area contributed by atoms with Crippen LogP contribution in [-0.2, 0) is 6.42 Å². The van der Waals surface area contributed by atoms with Gasteiger partial charge in [-0.05, 0) is 24.9 Å². The second-order valence-corrected chi connectivity index (χ2v) is 5.41. The lowest BCUT2D eigenvalue weighted by atomic mass is 9.90. The Balaban J connectivity index is 2.11. The standard InChI is InChI=1S/C12H15BrN2O3/c13-11-6-10(15(17)18)2-1-8(11)5-9-7-14-4-3-12(9)16/h1-2,6,9,12,14,16H,3-5,7H2. The summed E-state index contributed by atoms with van der Waals surface area (Å²) < 4.78 is 0.731. The molecule has 0 spiro atoms. The van der Waals surface area contributed by atoms with Gasteiger partial charge in [0.1, 0.15) is 0 Å². The number of nitrogens with one attached hydrogen (secondary N) is 1. The van der Waals surface area contributed by atoms with E-state index in [1.807, 2.05) is 0 Å². The van der Waals surface area contributed by atoms with Gasteiger partial charge in [-0.25, -0.2) is 0 Å². The van der Waals surface area contributed by atoms with Gasteiger partial charge >= 0.3 is 0 Å². The fourth-order valence-electron chi connectivity index (χ4n) is 2.22.